The molecule has 5 nitrogen and oxygen atoms in total. The van der Waals surface area contributed by atoms with Gasteiger partial charge < -0.3 is 9.84 Å². The van der Waals surface area contributed by atoms with Crippen molar-refractivity contribution in [3.8, 4) is 11.4 Å². The summed E-state index contributed by atoms with van der Waals surface area (Å²) in [6.07, 6.45) is -4.12. The van der Waals surface area contributed by atoms with E-state index >= 15 is 0 Å². The molecular formula is C24H18F3N3O2. The quantitative estimate of drug-likeness (QED) is 0.434. The fraction of sp³-hybridized carbons (Fsp3) is 0.125. The van der Waals surface area contributed by atoms with Crippen LogP contribution in [0, 0.1) is 0 Å². The highest BCUT2D eigenvalue weighted by Crippen LogP contribution is 2.32. The van der Waals surface area contributed by atoms with E-state index in [9.17, 15) is 18.0 Å². The zero-order valence-corrected chi connectivity index (χ0v) is 16.7. The number of nitrogens with one attached hydrogen (secondary N) is 1. The molecule has 32 heavy (non-hydrogen) atoms. The fourth-order valence-electron chi connectivity index (χ4n) is 3.21. The summed E-state index contributed by atoms with van der Waals surface area (Å²) in [6.45, 7) is 0. The van der Waals surface area contributed by atoms with Gasteiger partial charge in [-0.25, -0.2) is 0 Å². The monoisotopic (exact) mass is 437 g/mol. The molecule has 4 aromatic rings. The van der Waals surface area contributed by atoms with E-state index in [0.29, 0.717) is 12.0 Å². The van der Waals surface area contributed by atoms with E-state index in [0.717, 1.165) is 17.7 Å². The van der Waals surface area contributed by atoms with Gasteiger partial charge in [0.15, 0.2) is 0 Å². The van der Waals surface area contributed by atoms with Crippen molar-refractivity contribution in [2.45, 2.75) is 18.6 Å². The lowest BCUT2D eigenvalue weighted by Gasteiger charge is -2.15. The number of carbonyl (C=O) groups is 1. The number of carbonyl (C=O) groups excluding carboxylic acids is 1. The Kier molecular flexibility index (Phi) is 6.02. The normalized spacial score (nSPS) is 12.3. The van der Waals surface area contributed by atoms with E-state index in [2.05, 4.69) is 15.5 Å². The van der Waals surface area contributed by atoms with Crippen molar-refractivity contribution >= 4 is 5.91 Å². The number of benzene rings is 3. The van der Waals surface area contributed by atoms with E-state index in [1.807, 2.05) is 30.3 Å². The standard InChI is InChI=1S/C24H18F3N3O2/c25-24(26,27)19-13-7-12-18(15-19)21-29-23(32-30-21)20(14-16-8-3-1-4-9-16)28-22(31)17-10-5-2-6-11-17/h1-13,15,20H,14H2,(H,28,31). The Hall–Kier alpha value is -3.94. The number of nitrogens with zero attached hydrogens (tertiary/aromatic N) is 2. The van der Waals surface area contributed by atoms with Gasteiger partial charge in [0.05, 0.1) is 5.56 Å². The Bertz CT molecular complexity index is 1190. The molecule has 8 heteroatoms. The Balaban J connectivity index is 1.63. The molecule has 1 amide bonds. The van der Waals surface area contributed by atoms with Crippen LogP contribution in [-0.4, -0.2) is 16.0 Å². The molecule has 3 aromatic carbocycles. The predicted octanol–water partition coefficient (Wildman–Crippen LogP) is 5.47. The van der Waals surface area contributed by atoms with Gasteiger partial charge in [-0.1, -0.05) is 65.8 Å². The highest BCUT2D eigenvalue weighted by molar-refractivity contribution is 5.94. The van der Waals surface area contributed by atoms with Crippen LogP contribution in [0.4, 0.5) is 13.2 Å². The van der Waals surface area contributed by atoms with Gasteiger partial charge in [-0.2, -0.15) is 18.2 Å². The van der Waals surface area contributed by atoms with Crippen molar-refractivity contribution < 1.29 is 22.5 Å². The summed E-state index contributed by atoms with van der Waals surface area (Å²) in [6, 6.07) is 22.1. The second-order valence-corrected chi connectivity index (χ2v) is 7.12. The van der Waals surface area contributed by atoms with Crippen LogP contribution in [0.15, 0.2) is 89.5 Å². The van der Waals surface area contributed by atoms with Gasteiger partial charge in [-0.05, 0) is 29.8 Å². The molecule has 1 aromatic heterocycles. The SMILES string of the molecule is O=C(NC(Cc1ccccc1)c1nc(-c2cccc(C(F)(F)F)c2)no1)c1ccccc1. The molecule has 0 saturated carbocycles. The van der Waals surface area contributed by atoms with Crippen molar-refractivity contribution in [1.82, 2.24) is 15.5 Å². The highest BCUT2D eigenvalue weighted by Gasteiger charge is 2.31. The minimum Gasteiger partial charge on any atom is -0.340 e. The number of alkyl halides is 3. The molecule has 0 bridgehead atoms. The summed E-state index contributed by atoms with van der Waals surface area (Å²) >= 11 is 0. The second-order valence-electron chi connectivity index (χ2n) is 7.12. The van der Waals surface area contributed by atoms with Crippen molar-refractivity contribution in [2.75, 3.05) is 0 Å². The first-order valence-corrected chi connectivity index (χ1v) is 9.81. The average Bonchev–Trinajstić information content (AvgIpc) is 3.30. The molecule has 0 saturated heterocycles. The summed E-state index contributed by atoms with van der Waals surface area (Å²) in [5.74, 6) is -0.214. The molecule has 0 spiro atoms. The second kappa shape index (κ2) is 9.05. The molecule has 4 rings (SSSR count). The number of hydrogen-bond donors (Lipinski definition) is 1. The maximum Gasteiger partial charge on any atom is 0.416 e. The summed E-state index contributed by atoms with van der Waals surface area (Å²) < 4.78 is 44.5. The number of aromatic nitrogens is 2. The van der Waals surface area contributed by atoms with E-state index in [1.165, 1.54) is 12.1 Å². The van der Waals surface area contributed by atoms with Gasteiger partial charge in [0.2, 0.25) is 11.7 Å². The number of hydrogen-bond acceptors (Lipinski definition) is 4. The molecule has 1 unspecified atom stereocenters. The van der Waals surface area contributed by atoms with Gasteiger partial charge in [-0.15, -0.1) is 0 Å². The van der Waals surface area contributed by atoms with E-state index in [4.69, 9.17) is 4.52 Å². The van der Waals surface area contributed by atoms with Crippen molar-refractivity contribution in [3.05, 3.63) is 108 Å². The lowest BCUT2D eigenvalue weighted by molar-refractivity contribution is -0.137. The van der Waals surface area contributed by atoms with Gasteiger partial charge in [0, 0.05) is 17.5 Å². The molecule has 0 fully saturated rings. The number of amides is 1. The zero-order chi connectivity index (χ0) is 22.6. The molecule has 0 radical (unpaired) electrons. The van der Waals surface area contributed by atoms with Crippen molar-refractivity contribution in [1.29, 1.82) is 0 Å². The Morgan fingerprint density at radius 2 is 1.62 bits per heavy atom. The first-order chi connectivity index (χ1) is 15.4. The van der Waals surface area contributed by atoms with Crippen LogP contribution >= 0.6 is 0 Å². The molecule has 1 heterocycles. The van der Waals surface area contributed by atoms with Crippen LogP contribution in [0.3, 0.4) is 0 Å². The van der Waals surface area contributed by atoms with Crippen molar-refractivity contribution in [3.63, 3.8) is 0 Å². The topological polar surface area (TPSA) is 68.0 Å². The molecule has 0 aliphatic heterocycles. The lowest BCUT2D eigenvalue weighted by atomic mass is 10.1. The smallest absolute Gasteiger partial charge is 0.340 e. The van der Waals surface area contributed by atoms with E-state index in [-0.39, 0.29) is 23.2 Å². The van der Waals surface area contributed by atoms with Crippen molar-refractivity contribution in [2.24, 2.45) is 0 Å². The largest absolute Gasteiger partial charge is 0.416 e. The molecule has 0 aliphatic rings. The van der Waals surface area contributed by atoms with Crippen LogP contribution in [-0.2, 0) is 12.6 Å². The lowest BCUT2D eigenvalue weighted by Crippen LogP contribution is -2.30. The minimum absolute atomic E-state index is 0.0121. The minimum atomic E-state index is -4.48. The molecule has 1 N–H and O–H groups in total. The van der Waals surface area contributed by atoms with Gasteiger partial charge in [-0.3, -0.25) is 4.79 Å². The van der Waals surface area contributed by atoms with Gasteiger partial charge in [0.1, 0.15) is 6.04 Å². The maximum absolute atomic E-state index is 13.1. The molecule has 1 atom stereocenters. The van der Waals surface area contributed by atoms with E-state index in [1.54, 1.807) is 30.3 Å². The van der Waals surface area contributed by atoms with Crippen LogP contribution in [0.5, 0.6) is 0 Å². The Labute approximate surface area is 181 Å². The van der Waals surface area contributed by atoms with Crippen LogP contribution in [0.1, 0.15) is 33.4 Å². The average molecular weight is 437 g/mol. The fourth-order valence-corrected chi connectivity index (χ4v) is 3.21. The highest BCUT2D eigenvalue weighted by atomic mass is 19.4. The number of rotatable bonds is 6. The van der Waals surface area contributed by atoms with E-state index < -0.39 is 17.8 Å². The molecule has 0 aliphatic carbocycles. The first-order valence-electron chi connectivity index (χ1n) is 9.81. The third-order valence-electron chi connectivity index (χ3n) is 4.81. The van der Waals surface area contributed by atoms with Gasteiger partial charge >= 0.3 is 6.18 Å². The molecular weight excluding hydrogens is 419 g/mol. The third-order valence-corrected chi connectivity index (χ3v) is 4.81. The number of halogens is 3. The summed E-state index contributed by atoms with van der Waals surface area (Å²) in [7, 11) is 0. The van der Waals surface area contributed by atoms with Gasteiger partial charge in [0.25, 0.3) is 5.91 Å². The molecule has 162 valence electrons. The third kappa shape index (κ3) is 5.03. The Morgan fingerprint density at radius 3 is 2.31 bits per heavy atom. The van der Waals surface area contributed by atoms with Crippen LogP contribution in [0.2, 0.25) is 0 Å². The summed E-state index contributed by atoms with van der Waals surface area (Å²) in [5, 5.41) is 6.73. The first kappa shape index (κ1) is 21.3. The summed E-state index contributed by atoms with van der Waals surface area (Å²) in [5.41, 5.74) is 0.745. The summed E-state index contributed by atoms with van der Waals surface area (Å²) in [4.78, 5) is 17.0. The Morgan fingerprint density at radius 1 is 0.938 bits per heavy atom. The van der Waals surface area contributed by atoms with Crippen LogP contribution in [0.25, 0.3) is 11.4 Å². The maximum atomic E-state index is 13.1. The zero-order valence-electron chi connectivity index (χ0n) is 16.7. The van der Waals surface area contributed by atoms with Crippen LogP contribution < -0.4 is 5.32 Å². The predicted molar refractivity (Wildman–Crippen MR) is 112 cm³/mol.